The van der Waals surface area contributed by atoms with Crippen LogP contribution in [-0.2, 0) is 9.53 Å². The number of amides is 1. The molecule has 1 aromatic rings. The zero-order valence-electron chi connectivity index (χ0n) is 12.5. The lowest BCUT2D eigenvalue weighted by atomic mass is 10.2. The summed E-state index contributed by atoms with van der Waals surface area (Å²) < 4.78 is 5.07. The SMILES string of the molecule is C=CCNc1nc(C(=O)OCC(=O)N2CCCCCC2)cs1. The van der Waals surface area contributed by atoms with Crippen LogP contribution in [0.4, 0.5) is 5.13 Å². The van der Waals surface area contributed by atoms with Crippen molar-refractivity contribution in [3.63, 3.8) is 0 Å². The van der Waals surface area contributed by atoms with Gasteiger partial charge in [0.1, 0.15) is 0 Å². The monoisotopic (exact) mass is 323 g/mol. The number of hydrogen-bond donors (Lipinski definition) is 1. The Morgan fingerprint density at radius 2 is 2.09 bits per heavy atom. The van der Waals surface area contributed by atoms with E-state index in [1.54, 1.807) is 16.4 Å². The minimum atomic E-state index is -0.564. The van der Waals surface area contributed by atoms with E-state index >= 15 is 0 Å². The van der Waals surface area contributed by atoms with Gasteiger partial charge in [0.25, 0.3) is 5.91 Å². The van der Waals surface area contributed by atoms with E-state index in [2.05, 4.69) is 16.9 Å². The lowest BCUT2D eigenvalue weighted by Gasteiger charge is -2.19. The Labute approximate surface area is 134 Å². The number of likely N-dealkylation sites (tertiary alicyclic amines) is 1. The molecule has 0 aliphatic carbocycles. The van der Waals surface area contributed by atoms with E-state index in [0.29, 0.717) is 11.7 Å². The number of carbonyl (C=O) groups is 2. The van der Waals surface area contributed by atoms with Gasteiger partial charge in [-0.25, -0.2) is 9.78 Å². The molecule has 0 spiro atoms. The first kappa shape index (κ1) is 16.5. The summed E-state index contributed by atoms with van der Waals surface area (Å²) in [5.74, 6) is -0.693. The molecular weight excluding hydrogens is 302 g/mol. The molecule has 0 saturated carbocycles. The second-order valence-electron chi connectivity index (χ2n) is 5.08. The molecule has 1 amide bonds. The molecule has 120 valence electrons. The first-order chi connectivity index (χ1) is 10.7. The molecule has 0 atom stereocenters. The first-order valence-electron chi connectivity index (χ1n) is 7.46. The summed E-state index contributed by atoms with van der Waals surface area (Å²) in [6, 6.07) is 0. The van der Waals surface area contributed by atoms with Crippen molar-refractivity contribution in [2.75, 3.05) is 31.6 Å². The number of hydrogen-bond acceptors (Lipinski definition) is 6. The summed E-state index contributed by atoms with van der Waals surface area (Å²) in [6.45, 7) is 5.47. The number of rotatable bonds is 6. The quantitative estimate of drug-likeness (QED) is 0.642. The van der Waals surface area contributed by atoms with Gasteiger partial charge in [-0.2, -0.15) is 0 Å². The van der Waals surface area contributed by atoms with Gasteiger partial charge in [-0.15, -0.1) is 17.9 Å². The second kappa shape index (κ2) is 8.53. The maximum atomic E-state index is 12.0. The fourth-order valence-electron chi connectivity index (χ4n) is 2.22. The van der Waals surface area contributed by atoms with Crippen LogP contribution in [0.25, 0.3) is 0 Å². The number of carbonyl (C=O) groups excluding carboxylic acids is 2. The predicted molar refractivity (Wildman–Crippen MR) is 86.1 cm³/mol. The van der Waals surface area contributed by atoms with Crippen LogP contribution in [0.3, 0.4) is 0 Å². The third-order valence-corrected chi connectivity index (χ3v) is 4.20. The van der Waals surface area contributed by atoms with E-state index in [-0.39, 0.29) is 18.2 Å². The van der Waals surface area contributed by atoms with E-state index in [0.717, 1.165) is 38.8 Å². The van der Waals surface area contributed by atoms with Crippen LogP contribution in [0.1, 0.15) is 36.2 Å². The van der Waals surface area contributed by atoms with Gasteiger partial charge in [0.2, 0.25) is 0 Å². The summed E-state index contributed by atoms with van der Waals surface area (Å²) in [7, 11) is 0. The second-order valence-corrected chi connectivity index (χ2v) is 5.94. The molecule has 22 heavy (non-hydrogen) atoms. The van der Waals surface area contributed by atoms with Crippen molar-refractivity contribution in [2.45, 2.75) is 25.7 Å². The predicted octanol–water partition coefficient (Wildman–Crippen LogP) is 2.30. The minimum absolute atomic E-state index is 0.129. The smallest absolute Gasteiger partial charge is 0.358 e. The largest absolute Gasteiger partial charge is 0.451 e. The van der Waals surface area contributed by atoms with Crippen molar-refractivity contribution >= 4 is 28.3 Å². The fraction of sp³-hybridized carbons (Fsp3) is 0.533. The van der Waals surface area contributed by atoms with Crippen molar-refractivity contribution in [1.82, 2.24) is 9.88 Å². The van der Waals surface area contributed by atoms with Gasteiger partial charge in [-0.1, -0.05) is 18.9 Å². The van der Waals surface area contributed by atoms with E-state index in [9.17, 15) is 9.59 Å². The zero-order chi connectivity index (χ0) is 15.8. The van der Waals surface area contributed by atoms with Crippen molar-refractivity contribution < 1.29 is 14.3 Å². The van der Waals surface area contributed by atoms with Crippen LogP contribution >= 0.6 is 11.3 Å². The highest BCUT2D eigenvalue weighted by Crippen LogP contribution is 2.16. The van der Waals surface area contributed by atoms with E-state index in [4.69, 9.17) is 4.74 Å². The molecule has 7 heteroatoms. The average Bonchev–Trinajstić information content (AvgIpc) is 2.83. The van der Waals surface area contributed by atoms with Crippen LogP contribution in [0.15, 0.2) is 18.0 Å². The summed E-state index contributed by atoms with van der Waals surface area (Å²) in [4.78, 5) is 29.8. The first-order valence-corrected chi connectivity index (χ1v) is 8.34. The molecule has 0 aromatic carbocycles. The van der Waals surface area contributed by atoms with E-state index in [1.807, 2.05) is 0 Å². The number of ether oxygens (including phenoxy) is 1. The molecule has 1 N–H and O–H groups in total. The Kier molecular flexibility index (Phi) is 6.39. The molecular formula is C15H21N3O3S. The van der Waals surface area contributed by atoms with Gasteiger partial charge in [-0.3, -0.25) is 4.79 Å². The molecule has 0 unspecified atom stereocenters. The molecule has 2 rings (SSSR count). The third-order valence-electron chi connectivity index (χ3n) is 3.40. The summed E-state index contributed by atoms with van der Waals surface area (Å²) in [6.07, 6.45) is 6.05. The maximum Gasteiger partial charge on any atom is 0.358 e. The Hall–Kier alpha value is -1.89. The molecule has 0 radical (unpaired) electrons. The van der Waals surface area contributed by atoms with E-state index < -0.39 is 5.97 Å². The number of nitrogens with zero attached hydrogens (tertiary/aromatic N) is 2. The molecule has 2 heterocycles. The number of nitrogens with one attached hydrogen (secondary N) is 1. The summed E-state index contributed by atoms with van der Waals surface area (Å²) >= 11 is 1.32. The number of aromatic nitrogens is 1. The number of anilines is 1. The van der Waals surface area contributed by atoms with E-state index in [1.165, 1.54) is 11.3 Å². The number of thiazole rings is 1. The van der Waals surface area contributed by atoms with Crippen molar-refractivity contribution in [2.24, 2.45) is 0 Å². The molecule has 1 aromatic heterocycles. The van der Waals surface area contributed by atoms with Crippen LogP contribution in [0, 0.1) is 0 Å². The zero-order valence-corrected chi connectivity index (χ0v) is 13.4. The van der Waals surface area contributed by atoms with Gasteiger partial charge in [0.05, 0.1) is 0 Å². The van der Waals surface area contributed by atoms with Gasteiger partial charge >= 0.3 is 5.97 Å². The highest BCUT2D eigenvalue weighted by atomic mass is 32.1. The Bertz CT molecular complexity index is 522. The maximum absolute atomic E-state index is 12.0. The van der Waals surface area contributed by atoms with Crippen LogP contribution in [-0.4, -0.2) is 48.0 Å². The normalized spacial score (nSPS) is 15.0. The standard InChI is InChI=1S/C15H21N3O3S/c1-2-7-16-15-17-12(11-22-15)14(20)21-10-13(19)18-8-5-3-4-6-9-18/h2,11H,1,3-10H2,(H,16,17). The Morgan fingerprint density at radius 1 is 1.36 bits per heavy atom. The van der Waals surface area contributed by atoms with Gasteiger partial charge in [-0.05, 0) is 12.8 Å². The van der Waals surface area contributed by atoms with Gasteiger partial charge in [0, 0.05) is 25.0 Å². The molecule has 1 saturated heterocycles. The topological polar surface area (TPSA) is 71.5 Å². The van der Waals surface area contributed by atoms with Crippen LogP contribution in [0.5, 0.6) is 0 Å². The van der Waals surface area contributed by atoms with Crippen LogP contribution < -0.4 is 5.32 Å². The number of esters is 1. The third kappa shape index (κ3) is 4.84. The molecule has 1 fully saturated rings. The van der Waals surface area contributed by atoms with Crippen molar-refractivity contribution in [3.05, 3.63) is 23.7 Å². The minimum Gasteiger partial charge on any atom is -0.451 e. The summed E-state index contributed by atoms with van der Waals surface area (Å²) in [5.41, 5.74) is 0.222. The molecule has 1 aliphatic heterocycles. The molecule has 1 aliphatic rings. The van der Waals surface area contributed by atoms with Crippen LogP contribution in [0.2, 0.25) is 0 Å². The fourth-order valence-corrected chi connectivity index (χ4v) is 2.91. The average molecular weight is 323 g/mol. The highest BCUT2D eigenvalue weighted by molar-refractivity contribution is 7.13. The lowest BCUT2D eigenvalue weighted by Crippen LogP contribution is -2.35. The highest BCUT2D eigenvalue weighted by Gasteiger charge is 2.19. The van der Waals surface area contributed by atoms with Crippen molar-refractivity contribution in [1.29, 1.82) is 0 Å². The molecule has 0 bridgehead atoms. The molecule has 6 nitrogen and oxygen atoms in total. The Morgan fingerprint density at radius 3 is 2.77 bits per heavy atom. The summed E-state index contributed by atoms with van der Waals surface area (Å²) in [5, 5.41) is 5.25. The van der Waals surface area contributed by atoms with Gasteiger partial charge < -0.3 is 15.0 Å². The van der Waals surface area contributed by atoms with Gasteiger partial charge in [0.15, 0.2) is 17.4 Å². The Balaban J connectivity index is 1.80. The lowest BCUT2D eigenvalue weighted by molar-refractivity contribution is -0.134. The van der Waals surface area contributed by atoms with Crippen molar-refractivity contribution in [3.8, 4) is 0 Å².